The minimum absolute atomic E-state index is 0.109. The van der Waals surface area contributed by atoms with E-state index < -0.39 is 10.0 Å². The maximum Gasteiger partial charge on any atom is 0.227 e. The number of nitrogen functional groups attached to an aromatic ring is 2. The van der Waals surface area contributed by atoms with E-state index >= 15 is 0 Å². The number of carbonyl (C=O) groups excluding carboxylic acids is 1. The Bertz CT molecular complexity index is 595. The molecule has 0 radical (unpaired) electrons. The highest BCUT2D eigenvalue weighted by Crippen LogP contribution is 2.34. The summed E-state index contributed by atoms with van der Waals surface area (Å²) in [5.74, 6) is -0.812. The molecule has 0 aromatic carbocycles. The zero-order chi connectivity index (χ0) is 14.2. The molecule has 1 amide bonds. The number of hydrogen-bond acceptors (Lipinski definition) is 6. The smallest absolute Gasteiger partial charge is 0.227 e. The average molecular weight is 285 g/mol. The number of nitrogens with two attached hydrogens (primary N) is 3. The third kappa shape index (κ3) is 2.93. The number of pyridine rings is 1. The minimum atomic E-state index is -3.61. The molecule has 6 N–H and O–H groups in total. The Kier molecular flexibility index (Phi) is 3.33. The topological polar surface area (TPSA) is 145 Å². The molecule has 1 atom stereocenters. The predicted octanol–water partition coefficient (Wildman–Crippen LogP) is -1.11. The first-order valence-electron chi connectivity index (χ1n) is 5.57. The fraction of sp³-hybridized carbons (Fsp3) is 0.400. The van der Waals surface area contributed by atoms with Crippen molar-refractivity contribution in [2.24, 2.45) is 11.1 Å². The second-order valence-electron chi connectivity index (χ2n) is 4.57. The molecule has 1 saturated heterocycles. The Labute approximate surface area is 110 Å². The van der Waals surface area contributed by atoms with Gasteiger partial charge in [-0.25, -0.2) is 13.6 Å². The molecule has 1 aromatic rings. The third-order valence-electron chi connectivity index (χ3n) is 2.92. The number of nitrogens with zero attached hydrogens (tertiary/aromatic N) is 2. The number of carbonyl (C=O) groups is 1. The second-order valence-corrected chi connectivity index (χ2v) is 6.23. The largest absolute Gasteiger partial charge is 0.396 e. The normalized spacial score (nSPS) is 19.9. The molecule has 1 aromatic heterocycles. The standard InChI is InChI=1S/C10H15N5O3S/c11-7-2-14-3-8(12)10(7)15-4-6(1-9(15)16)5-19(13,17)18/h2-3,6H,1,4-5,11-12H2,(H2,13,17,18). The SMILES string of the molecule is Nc1cncc(N)c1N1CC(CS(N)(=O)=O)CC1=O. The van der Waals surface area contributed by atoms with Crippen molar-refractivity contribution in [1.29, 1.82) is 0 Å². The Balaban J connectivity index is 2.26. The summed E-state index contributed by atoms with van der Waals surface area (Å²) in [4.78, 5) is 17.1. The molecule has 1 unspecified atom stereocenters. The zero-order valence-electron chi connectivity index (χ0n) is 10.1. The van der Waals surface area contributed by atoms with Crippen LogP contribution in [-0.4, -0.2) is 31.6 Å². The number of rotatable bonds is 3. The van der Waals surface area contributed by atoms with Crippen molar-refractivity contribution >= 4 is 33.0 Å². The number of primary sulfonamides is 1. The van der Waals surface area contributed by atoms with Crippen LogP contribution in [0, 0.1) is 5.92 Å². The van der Waals surface area contributed by atoms with E-state index in [1.165, 1.54) is 17.3 Å². The van der Waals surface area contributed by atoms with Crippen LogP contribution in [0.25, 0.3) is 0 Å². The van der Waals surface area contributed by atoms with Crippen LogP contribution in [-0.2, 0) is 14.8 Å². The lowest BCUT2D eigenvalue weighted by atomic mass is 10.1. The monoisotopic (exact) mass is 285 g/mol. The molecule has 1 aliphatic rings. The number of aromatic nitrogens is 1. The lowest BCUT2D eigenvalue weighted by Crippen LogP contribution is -2.28. The highest BCUT2D eigenvalue weighted by Gasteiger charge is 2.34. The van der Waals surface area contributed by atoms with Crippen molar-refractivity contribution in [2.75, 3.05) is 28.7 Å². The van der Waals surface area contributed by atoms with Crippen LogP contribution < -0.4 is 21.5 Å². The van der Waals surface area contributed by atoms with E-state index in [-0.39, 0.29) is 41.9 Å². The molecule has 19 heavy (non-hydrogen) atoms. The van der Waals surface area contributed by atoms with Crippen LogP contribution in [0.3, 0.4) is 0 Å². The van der Waals surface area contributed by atoms with Gasteiger partial charge in [0.1, 0.15) is 0 Å². The lowest BCUT2D eigenvalue weighted by molar-refractivity contribution is -0.117. The highest BCUT2D eigenvalue weighted by atomic mass is 32.2. The maximum absolute atomic E-state index is 11.9. The summed E-state index contributed by atoms with van der Waals surface area (Å²) in [6.07, 6.45) is 2.90. The fourth-order valence-corrected chi connectivity index (χ4v) is 3.12. The van der Waals surface area contributed by atoms with E-state index in [9.17, 15) is 13.2 Å². The van der Waals surface area contributed by atoms with Crippen molar-refractivity contribution in [1.82, 2.24) is 4.98 Å². The highest BCUT2D eigenvalue weighted by molar-refractivity contribution is 7.89. The van der Waals surface area contributed by atoms with Gasteiger partial charge < -0.3 is 16.4 Å². The van der Waals surface area contributed by atoms with Gasteiger partial charge in [-0.05, 0) is 0 Å². The van der Waals surface area contributed by atoms with Crippen LogP contribution >= 0.6 is 0 Å². The van der Waals surface area contributed by atoms with Crippen molar-refractivity contribution < 1.29 is 13.2 Å². The molecule has 2 rings (SSSR count). The van der Waals surface area contributed by atoms with Gasteiger partial charge in [-0.2, -0.15) is 0 Å². The van der Waals surface area contributed by atoms with Crippen LogP contribution in [0.1, 0.15) is 6.42 Å². The van der Waals surface area contributed by atoms with Gasteiger partial charge >= 0.3 is 0 Å². The van der Waals surface area contributed by atoms with Gasteiger partial charge in [0.05, 0.1) is 35.2 Å². The second kappa shape index (κ2) is 4.67. The Morgan fingerprint density at radius 3 is 2.42 bits per heavy atom. The predicted molar refractivity (Wildman–Crippen MR) is 71.5 cm³/mol. The molecule has 1 fully saturated rings. The fourth-order valence-electron chi connectivity index (χ4n) is 2.24. The first-order valence-corrected chi connectivity index (χ1v) is 7.29. The molecule has 0 spiro atoms. The first kappa shape index (κ1) is 13.6. The van der Waals surface area contributed by atoms with Crippen LogP contribution in [0.4, 0.5) is 17.1 Å². The molecule has 8 nitrogen and oxygen atoms in total. The van der Waals surface area contributed by atoms with Crippen molar-refractivity contribution in [2.45, 2.75) is 6.42 Å². The quantitative estimate of drug-likeness (QED) is 0.641. The van der Waals surface area contributed by atoms with Crippen molar-refractivity contribution in [3.63, 3.8) is 0 Å². The van der Waals surface area contributed by atoms with Crippen molar-refractivity contribution in [3.05, 3.63) is 12.4 Å². The summed E-state index contributed by atoms with van der Waals surface area (Å²) in [5.41, 5.74) is 12.5. The zero-order valence-corrected chi connectivity index (χ0v) is 10.9. The third-order valence-corrected chi connectivity index (χ3v) is 3.85. The van der Waals surface area contributed by atoms with E-state index in [0.717, 1.165) is 0 Å². The first-order chi connectivity index (χ1) is 8.78. The average Bonchev–Trinajstić information content (AvgIpc) is 2.56. The molecule has 104 valence electrons. The van der Waals surface area contributed by atoms with Gasteiger partial charge in [0.25, 0.3) is 0 Å². The summed E-state index contributed by atoms with van der Waals surface area (Å²) in [7, 11) is -3.61. The molecule has 0 bridgehead atoms. The van der Waals surface area contributed by atoms with E-state index in [4.69, 9.17) is 16.6 Å². The van der Waals surface area contributed by atoms with E-state index in [1.54, 1.807) is 0 Å². The number of sulfonamides is 1. The molecular formula is C10H15N5O3S. The van der Waals surface area contributed by atoms with Gasteiger partial charge in [-0.15, -0.1) is 0 Å². The van der Waals surface area contributed by atoms with Gasteiger partial charge in [-0.3, -0.25) is 9.78 Å². The molecule has 0 aliphatic carbocycles. The van der Waals surface area contributed by atoms with Crippen LogP contribution in [0.15, 0.2) is 12.4 Å². The Morgan fingerprint density at radius 1 is 1.32 bits per heavy atom. The number of anilines is 3. The van der Waals surface area contributed by atoms with Crippen LogP contribution in [0.5, 0.6) is 0 Å². The van der Waals surface area contributed by atoms with E-state index in [1.807, 2.05) is 0 Å². The van der Waals surface area contributed by atoms with Gasteiger partial charge in [-0.1, -0.05) is 0 Å². The summed E-state index contributed by atoms with van der Waals surface area (Å²) in [5, 5.41) is 4.99. The van der Waals surface area contributed by atoms with Gasteiger partial charge in [0.15, 0.2) is 0 Å². The van der Waals surface area contributed by atoms with Gasteiger partial charge in [0.2, 0.25) is 15.9 Å². The molecule has 0 saturated carbocycles. The van der Waals surface area contributed by atoms with Crippen molar-refractivity contribution in [3.8, 4) is 0 Å². The molecule has 2 heterocycles. The number of amides is 1. The van der Waals surface area contributed by atoms with E-state index in [2.05, 4.69) is 4.98 Å². The summed E-state index contributed by atoms with van der Waals surface area (Å²) < 4.78 is 22.1. The van der Waals surface area contributed by atoms with Gasteiger partial charge in [0, 0.05) is 18.9 Å². The summed E-state index contributed by atoms with van der Waals surface area (Å²) in [6.45, 7) is 0.230. The Morgan fingerprint density at radius 2 is 1.89 bits per heavy atom. The maximum atomic E-state index is 11.9. The summed E-state index contributed by atoms with van der Waals surface area (Å²) in [6, 6.07) is 0. The van der Waals surface area contributed by atoms with Crippen LogP contribution in [0.2, 0.25) is 0 Å². The van der Waals surface area contributed by atoms with E-state index in [0.29, 0.717) is 5.69 Å². The minimum Gasteiger partial charge on any atom is -0.396 e. The molecule has 1 aliphatic heterocycles. The number of hydrogen-bond donors (Lipinski definition) is 3. The Hall–Kier alpha value is -1.87. The summed E-state index contributed by atoms with van der Waals surface area (Å²) >= 11 is 0. The lowest BCUT2D eigenvalue weighted by Gasteiger charge is -2.20. The molecule has 9 heteroatoms. The molecular weight excluding hydrogens is 270 g/mol.